The summed E-state index contributed by atoms with van der Waals surface area (Å²) in [7, 11) is -3.35. The minimum atomic E-state index is -3.35. The Morgan fingerprint density at radius 1 is 1.32 bits per heavy atom. The van der Waals surface area contributed by atoms with Crippen molar-refractivity contribution in [1.29, 1.82) is 0 Å². The van der Waals surface area contributed by atoms with Gasteiger partial charge in [0.05, 0.1) is 6.10 Å². The number of nitrogens with one attached hydrogen (secondary N) is 1. The molecule has 0 spiro atoms. The maximum atomic E-state index is 12.3. The van der Waals surface area contributed by atoms with E-state index in [0.717, 1.165) is 25.7 Å². The Bertz CT molecular complexity index is 380. The maximum Gasteiger partial charge on any atom is 0.279 e. The molecule has 2 saturated heterocycles. The van der Waals surface area contributed by atoms with E-state index in [2.05, 4.69) is 4.72 Å². The summed E-state index contributed by atoms with van der Waals surface area (Å²) in [5.74, 6) is 0.467. The van der Waals surface area contributed by atoms with Crippen LogP contribution in [0, 0.1) is 5.92 Å². The van der Waals surface area contributed by atoms with Gasteiger partial charge in [0.2, 0.25) is 0 Å². The molecule has 2 atom stereocenters. The molecule has 0 aliphatic carbocycles. The molecule has 0 saturated carbocycles. The zero-order valence-corrected chi connectivity index (χ0v) is 12.4. The summed E-state index contributed by atoms with van der Waals surface area (Å²) in [5, 5.41) is 0. The van der Waals surface area contributed by atoms with Gasteiger partial charge in [0.25, 0.3) is 10.2 Å². The van der Waals surface area contributed by atoms with Gasteiger partial charge in [-0.3, -0.25) is 0 Å². The maximum absolute atomic E-state index is 12.3. The molecule has 7 heteroatoms. The number of nitrogens with two attached hydrogens (primary N) is 1. The van der Waals surface area contributed by atoms with E-state index in [-0.39, 0.29) is 12.1 Å². The van der Waals surface area contributed by atoms with Crippen LogP contribution in [0.15, 0.2) is 0 Å². The van der Waals surface area contributed by atoms with Crippen LogP contribution in [0.5, 0.6) is 0 Å². The van der Waals surface area contributed by atoms with Gasteiger partial charge in [-0.15, -0.1) is 0 Å². The predicted octanol–water partition coefficient (Wildman–Crippen LogP) is 0.0590. The highest BCUT2D eigenvalue weighted by Crippen LogP contribution is 2.20. The van der Waals surface area contributed by atoms with Gasteiger partial charge in [-0.05, 0) is 45.1 Å². The Hall–Kier alpha value is -0.210. The van der Waals surface area contributed by atoms with Crippen LogP contribution in [0.2, 0.25) is 0 Å². The van der Waals surface area contributed by atoms with Crippen molar-refractivity contribution in [2.45, 2.75) is 44.8 Å². The van der Waals surface area contributed by atoms with E-state index in [4.69, 9.17) is 10.5 Å². The van der Waals surface area contributed by atoms with Gasteiger partial charge < -0.3 is 10.5 Å². The average molecular weight is 291 g/mol. The van der Waals surface area contributed by atoms with Gasteiger partial charge in [0, 0.05) is 25.7 Å². The lowest BCUT2D eigenvalue weighted by Crippen LogP contribution is -2.50. The second-order valence-corrected chi connectivity index (χ2v) is 7.31. The van der Waals surface area contributed by atoms with Crippen molar-refractivity contribution in [2.75, 3.05) is 26.2 Å². The first-order valence-corrected chi connectivity index (χ1v) is 8.54. The van der Waals surface area contributed by atoms with E-state index in [0.29, 0.717) is 32.2 Å². The third-order valence-corrected chi connectivity index (χ3v) is 5.72. The van der Waals surface area contributed by atoms with Crippen LogP contribution < -0.4 is 10.5 Å². The SMILES string of the molecule is CC1CC(NS(=O)(=O)N2CCC(CN)CC2)CCO1. The number of hydrogen-bond acceptors (Lipinski definition) is 4. The third-order valence-electron chi connectivity index (χ3n) is 4.05. The molecule has 0 amide bonds. The van der Waals surface area contributed by atoms with Gasteiger partial charge in [0.1, 0.15) is 0 Å². The van der Waals surface area contributed by atoms with E-state index < -0.39 is 10.2 Å². The molecule has 0 aromatic rings. The van der Waals surface area contributed by atoms with E-state index in [1.165, 1.54) is 0 Å². The number of nitrogens with zero attached hydrogens (tertiary/aromatic N) is 1. The minimum Gasteiger partial charge on any atom is -0.378 e. The molecular weight excluding hydrogens is 266 g/mol. The fourth-order valence-corrected chi connectivity index (χ4v) is 4.25. The molecule has 112 valence electrons. The first-order chi connectivity index (χ1) is 9.01. The third kappa shape index (κ3) is 4.13. The molecule has 2 unspecified atom stereocenters. The molecule has 0 bridgehead atoms. The molecular formula is C12H25N3O3S. The van der Waals surface area contributed by atoms with Crippen molar-refractivity contribution in [3.8, 4) is 0 Å². The van der Waals surface area contributed by atoms with Crippen molar-refractivity contribution in [2.24, 2.45) is 11.7 Å². The van der Waals surface area contributed by atoms with Gasteiger partial charge in [-0.1, -0.05) is 0 Å². The monoisotopic (exact) mass is 291 g/mol. The van der Waals surface area contributed by atoms with Crippen molar-refractivity contribution in [1.82, 2.24) is 9.03 Å². The van der Waals surface area contributed by atoms with Crippen molar-refractivity contribution < 1.29 is 13.2 Å². The lowest BCUT2D eigenvalue weighted by atomic mass is 9.99. The summed E-state index contributed by atoms with van der Waals surface area (Å²) < 4.78 is 34.4. The average Bonchev–Trinajstić information content (AvgIpc) is 2.38. The quantitative estimate of drug-likeness (QED) is 0.767. The van der Waals surface area contributed by atoms with E-state index in [1.807, 2.05) is 6.92 Å². The van der Waals surface area contributed by atoms with Gasteiger partial charge >= 0.3 is 0 Å². The van der Waals surface area contributed by atoms with Crippen molar-refractivity contribution in [3.63, 3.8) is 0 Å². The summed E-state index contributed by atoms with van der Waals surface area (Å²) >= 11 is 0. The van der Waals surface area contributed by atoms with Gasteiger partial charge in [-0.2, -0.15) is 17.4 Å². The van der Waals surface area contributed by atoms with Crippen LogP contribution in [-0.2, 0) is 14.9 Å². The lowest BCUT2D eigenvalue weighted by Gasteiger charge is -2.33. The smallest absolute Gasteiger partial charge is 0.279 e. The first-order valence-electron chi connectivity index (χ1n) is 7.10. The van der Waals surface area contributed by atoms with E-state index in [1.54, 1.807) is 4.31 Å². The summed E-state index contributed by atoms with van der Waals surface area (Å²) in [4.78, 5) is 0. The molecule has 6 nitrogen and oxygen atoms in total. The molecule has 2 aliphatic rings. The second kappa shape index (κ2) is 6.49. The number of ether oxygens (including phenoxy) is 1. The Morgan fingerprint density at radius 2 is 2.00 bits per heavy atom. The zero-order valence-electron chi connectivity index (χ0n) is 11.5. The number of rotatable bonds is 4. The Morgan fingerprint density at radius 3 is 2.58 bits per heavy atom. The summed E-state index contributed by atoms with van der Waals surface area (Å²) in [6, 6.07) is 0.000909. The van der Waals surface area contributed by atoms with Crippen molar-refractivity contribution >= 4 is 10.2 Å². The zero-order chi connectivity index (χ0) is 13.9. The molecule has 0 aromatic heterocycles. The Labute approximate surface area is 115 Å². The Kier molecular flexibility index (Phi) is 5.19. The van der Waals surface area contributed by atoms with Gasteiger partial charge in [0.15, 0.2) is 0 Å². The van der Waals surface area contributed by atoms with E-state index in [9.17, 15) is 8.42 Å². The molecule has 0 radical (unpaired) electrons. The highest BCUT2D eigenvalue weighted by molar-refractivity contribution is 7.87. The van der Waals surface area contributed by atoms with Crippen LogP contribution in [0.25, 0.3) is 0 Å². The summed E-state index contributed by atoms with van der Waals surface area (Å²) in [5.41, 5.74) is 5.62. The first kappa shape index (κ1) is 15.2. The van der Waals surface area contributed by atoms with Crippen LogP contribution in [0.1, 0.15) is 32.6 Å². The highest BCUT2D eigenvalue weighted by atomic mass is 32.2. The highest BCUT2D eigenvalue weighted by Gasteiger charge is 2.30. The van der Waals surface area contributed by atoms with Crippen LogP contribution in [0.3, 0.4) is 0 Å². The molecule has 0 aromatic carbocycles. The largest absolute Gasteiger partial charge is 0.378 e. The minimum absolute atomic E-state index is 0.000909. The molecule has 2 rings (SSSR count). The molecule has 19 heavy (non-hydrogen) atoms. The fraction of sp³-hybridized carbons (Fsp3) is 1.00. The topological polar surface area (TPSA) is 84.7 Å². The molecule has 2 fully saturated rings. The number of hydrogen-bond donors (Lipinski definition) is 2. The summed E-state index contributed by atoms with van der Waals surface area (Å²) in [6.07, 6.45) is 3.36. The predicted molar refractivity (Wildman–Crippen MR) is 73.8 cm³/mol. The second-order valence-electron chi connectivity index (χ2n) is 5.60. The Balaban J connectivity index is 1.88. The fourth-order valence-electron chi connectivity index (χ4n) is 2.78. The van der Waals surface area contributed by atoms with E-state index >= 15 is 0 Å². The van der Waals surface area contributed by atoms with Crippen LogP contribution in [0.4, 0.5) is 0 Å². The number of piperidine rings is 1. The molecule has 2 heterocycles. The summed E-state index contributed by atoms with van der Waals surface area (Å²) in [6.45, 7) is 4.42. The lowest BCUT2D eigenvalue weighted by molar-refractivity contribution is 0.0170. The standard InChI is InChI=1S/C12H25N3O3S/c1-10-8-12(4-7-18-10)14-19(16,17)15-5-2-11(9-13)3-6-15/h10-12,14H,2-9,13H2,1H3. The molecule has 3 N–H and O–H groups in total. The normalized spacial score (nSPS) is 31.5. The van der Waals surface area contributed by atoms with Crippen LogP contribution in [-0.4, -0.2) is 51.1 Å². The van der Waals surface area contributed by atoms with Crippen LogP contribution >= 0.6 is 0 Å². The van der Waals surface area contributed by atoms with Gasteiger partial charge in [-0.25, -0.2) is 0 Å². The molecule has 2 aliphatic heterocycles. The van der Waals surface area contributed by atoms with Crippen molar-refractivity contribution in [3.05, 3.63) is 0 Å².